The Labute approximate surface area is 172 Å². The molecule has 154 valence electrons. The molecule has 0 bridgehead atoms. The molecule has 29 heavy (non-hydrogen) atoms. The van der Waals surface area contributed by atoms with Gasteiger partial charge < -0.3 is 15.5 Å². The quantitative estimate of drug-likeness (QED) is 0.790. The van der Waals surface area contributed by atoms with Crippen LogP contribution in [0.5, 0.6) is 0 Å². The van der Waals surface area contributed by atoms with Crippen LogP contribution in [-0.2, 0) is 16.1 Å². The molecule has 0 unspecified atom stereocenters. The van der Waals surface area contributed by atoms with Crippen LogP contribution in [0.25, 0.3) is 10.8 Å². The first-order valence-electron chi connectivity index (χ1n) is 10.7. The molecule has 6 nitrogen and oxygen atoms in total. The van der Waals surface area contributed by atoms with Gasteiger partial charge >= 0.3 is 0 Å². The monoisotopic (exact) mass is 394 g/mol. The standard InChI is InChI=1S/C23H30N4O2/c1-27(15-18-8-4-7-17-13-24-10-9-20(17)18)23(29)21-12-19(14-25-21)26-22(28)11-16-5-2-3-6-16/h4,7-10,13,16,19,21,25H,2-3,5-6,11-12,14-15H2,1H3,(H,26,28)/t19-,21+/m1/s1. The van der Waals surface area contributed by atoms with Crippen LogP contribution in [0.3, 0.4) is 0 Å². The lowest BCUT2D eigenvalue weighted by atomic mass is 10.0. The highest BCUT2D eigenvalue weighted by Crippen LogP contribution is 2.27. The highest BCUT2D eigenvalue weighted by molar-refractivity contribution is 5.86. The van der Waals surface area contributed by atoms with Crippen molar-refractivity contribution in [1.82, 2.24) is 20.5 Å². The van der Waals surface area contributed by atoms with Gasteiger partial charge in [0.1, 0.15) is 0 Å². The van der Waals surface area contributed by atoms with Gasteiger partial charge in [-0.15, -0.1) is 0 Å². The summed E-state index contributed by atoms with van der Waals surface area (Å²) in [5.41, 5.74) is 1.11. The molecule has 2 N–H and O–H groups in total. The number of fused-ring (bicyclic) bond motifs is 1. The van der Waals surface area contributed by atoms with Crippen LogP contribution in [0.4, 0.5) is 0 Å². The van der Waals surface area contributed by atoms with Gasteiger partial charge in [-0.3, -0.25) is 14.6 Å². The summed E-state index contributed by atoms with van der Waals surface area (Å²) in [6.07, 6.45) is 9.75. The minimum Gasteiger partial charge on any atom is -0.352 e. The molecule has 2 amide bonds. The Bertz CT molecular complexity index is 873. The van der Waals surface area contributed by atoms with E-state index in [1.165, 1.54) is 25.7 Å². The smallest absolute Gasteiger partial charge is 0.239 e. The van der Waals surface area contributed by atoms with Crippen molar-refractivity contribution in [3.05, 3.63) is 42.2 Å². The Hall–Kier alpha value is -2.47. The van der Waals surface area contributed by atoms with E-state index >= 15 is 0 Å². The van der Waals surface area contributed by atoms with E-state index in [0.717, 1.165) is 16.3 Å². The number of amides is 2. The maximum Gasteiger partial charge on any atom is 0.239 e. The van der Waals surface area contributed by atoms with Crippen LogP contribution in [0, 0.1) is 5.92 Å². The fraction of sp³-hybridized carbons (Fsp3) is 0.522. The largest absolute Gasteiger partial charge is 0.352 e. The molecule has 1 aromatic heterocycles. The number of aromatic nitrogens is 1. The highest BCUT2D eigenvalue weighted by Gasteiger charge is 2.32. The first-order chi connectivity index (χ1) is 14.1. The number of rotatable bonds is 6. The summed E-state index contributed by atoms with van der Waals surface area (Å²) in [5, 5.41) is 8.62. The Morgan fingerprint density at radius 2 is 2.07 bits per heavy atom. The number of carbonyl (C=O) groups excluding carboxylic acids is 2. The van der Waals surface area contributed by atoms with Crippen molar-refractivity contribution in [2.24, 2.45) is 5.92 Å². The number of hydrogen-bond donors (Lipinski definition) is 2. The molecule has 1 aliphatic carbocycles. The Morgan fingerprint density at radius 3 is 2.90 bits per heavy atom. The number of nitrogens with zero attached hydrogens (tertiary/aromatic N) is 2. The number of pyridine rings is 1. The molecule has 2 atom stereocenters. The van der Waals surface area contributed by atoms with Gasteiger partial charge in [0, 0.05) is 50.4 Å². The zero-order chi connectivity index (χ0) is 20.2. The van der Waals surface area contributed by atoms with Gasteiger partial charge in [0.15, 0.2) is 0 Å². The van der Waals surface area contributed by atoms with Crippen LogP contribution in [-0.4, -0.2) is 47.4 Å². The normalized spacial score (nSPS) is 22.1. The van der Waals surface area contributed by atoms with Gasteiger partial charge in [-0.1, -0.05) is 31.0 Å². The lowest BCUT2D eigenvalue weighted by Crippen LogP contribution is -2.41. The summed E-state index contributed by atoms with van der Waals surface area (Å²) in [6.45, 7) is 1.21. The Balaban J connectivity index is 1.30. The number of benzene rings is 1. The third kappa shape index (κ3) is 4.75. The summed E-state index contributed by atoms with van der Waals surface area (Å²) in [7, 11) is 1.84. The average molecular weight is 395 g/mol. The molecule has 2 heterocycles. The van der Waals surface area contributed by atoms with Gasteiger partial charge in [0.25, 0.3) is 0 Å². The predicted molar refractivity (Wildman–Crippen MR) is 113 cm³/mol. The highest BCUT2D eigenvalue weighted by atomic mass is 16.2. The molecule has 0 radical (unpaired) electrons. The van der Waals surface area contributed by atoms with Crippen LogP contribution >= 0.6 is 0 Å². The molecule has 2 aliphatic rings. The molecular weight excluding hydrogens is 364 g/mol. The van der Waals surface area contributed by atoms with Crippen molar-refractivity contribution < 1.29 is 9.59 Å². The lowest BCUT2D eigenvalue weighted by Gasteiger charge is -2.22. The fourth-order valence-corrected chi connectivity index (χ4v) is 4.72. The van der Waals surface area contributed by atoms with Crippen molar-refractivity contribution >= 4 is 22.6 Å². The lowest BCUT2D eigenvalue weighted by molar-refractivity contribution is -0.132. The van der Waals surface area contributed by atoms with Crippen molar-refractivity contribution in [2.45, 2.75) is 57.2 Å². The molecule has 0 spiro atoms. The summed E-state index contributed by atoms with van der Waals surface area (Å²) in [5.74, 6) is 0.752. The predicted octanol–water partition coefficient (Wildman–Crippen LogP) is 2.62. The molecule has 4 rings (SSSR count). The SMILES string of the molecule is CN(Cc1cccc2cnccc12)C(=O)[C@@H]1C[C@@H](NC(=O)CC2CCCC2)CN1. The molecule has 2 aromatic rings. The Morgan fingerprint density at radius 1 is 1.24 bits per heavy atom. The first-order valence-corrected chi connectivity index (χ1v) is 10.7. The summed E-state index contributed by atoms with van der Waals surface area (Å²) in [4.78, 5) is 31.2. The maximum absolute atomic E-state index is 12.9. The first kappa shape index (κ1) is 19.8. The number of likely N-dealkylation sites (N-methyl/N-ethyl adjacent to an activating group) is 1. The van der Waals surface area contributed by atoms with Gasteiger partial charge in [-0.05, 0) is 42.2 Å². The Kier molecular flexibility index (Phi) is 6.09. The second kappa shape index (κ2) is 8.91. The minimum atomic E-state index is -0.242. The molecule has 6 heteroatoms. The zero-order valence-electron chi connectivity index (χ0n) is 17.1. The summed E-state index contributed by atoms with van der Waals surface area (Å²) >= 11 is 0. The minimum absolute atomic E-state index is 0.0369. The average Bonchev–Trinajstić information content (AvgIpc) is 3.40. The van der Waals surface area contributed by atoms with Crippen LogP contribution in [0.15, 0.2) is 36.7 Å². The van der Waals surface area contributed by atoms with Gasteiger partial charge in [-0.2, -0.15) is 0 Å². The molecular formula is C23H30N4O2. The van der Waals surface area contributed by atoms with E-state index < -0.39 is 0 Å². The van der Waals surface area contributed by atoms with E-state index in [-0.39, 0.29) is 23.9 Å². The van der Waals surface area contributed by atoms with E-state index in [1.807, 2.05) is 31.4 Å². The number of carbonyl (C=O) groups is 2. The molecule has 2 fully saturated rings. The third-order valence-electron chi connectivity index (χ3n) is 6.30. The van der Waals surface area contributed by atoms with Crippen molar-refractivity contribution in [3.63, 3.8) is 0 Å². The molecule has 1 saturated heterocycles. The third-order valence-corrected chi connectivity index (χ3v) is 6.30. The summed E-state index contributed by atoms with van der Waals surface area (Å²) < 4.78 is 0. The zero-order valence-corrected chi connectivity index (χ0v) is 17.1. The topological polar surface area (TPSA) is 74.3 Å². The van der Waals surface area contributed by atoms with E-state index in [2.05, 4.69) is 21.7 Å². The van der Waals surface area contributed by atoms with Crippen molar-refractivity contribution in [1.29, 1.82) is 0 Å². The van der Waals surface area contributed by atoms with Crippen LogP contribution in [0.1, 0.15) is 44.1 Å². The van der Waals surface area contributed by atoms with Crippen LogP contribution in [0.2, 0.25) is 0 Å². The second-order valence-electron chi connectivity index (χ2n) is 8.52. The van der Waals surface area contributed by atoms with Gasteiger partial charge in [0.05, 0.1) is 6.04 Å². The van der Waals surface area contributed by atoms with Gasteiger partial charge in [-0.25, -0.2) is 0 Å². The second-order valence-corrected chi connectivity index (χ2v) is 8.52. The van der Waals surface area contributed by atoms with E-state index in [9.17, 15) is 9.59 Å². The maximum atomic E-state index is 12.9. The van der Waals surface area contributed by atoms with E-state index in [4.69, 9.17) is 0 Å². The van der Waals surface area contributed by atoms with Gasteiger partial charge in [0.2, 0.25) is 11.8 Å². The molecule has 1 aromatic carbocycles. The summed E-state index contributed by atoms with van der Waals surface area (Å²) in [6, 6.07) is 7.88. The molecule has 1 saturated carbocycles. The van der Waals surface area contributed by atoms with E-state index in [1.54, 1.807) is 11.1 Å². The number of nitrogens with one attached hydrogen (secondary N) is 2. The van der Waals surface area contributed by atoms with Crippen molar-refractivity contribution in [3.8, 4) is 0 Å². The number of hydrogen-bond acceptors (Lipinski definition) is 4. The van der Waals surface area contributed by atoms with E-state index in [0.29, 0.717) is 31.8 Å². The fourth-order valence-electron chi connectivity index (χ4n) is 4.72. The van der Waals surface area contributed by atoms with Crippen molar-refractivity contribution in [2.75, 3.05) is 13.6 Å². The van der Waals surface area contributed by atoms with Crippen LogP contribution < -0.4 is 10.6 Å². The molecule has 1 aliphatic heterocycles.